The molecule has 2 N–H and O–H groups in total. The van der Waals surface area contributed by atoms with Crippen LogP contribution in [0.4, 0.5) is 5.69 Å². The van der Waals surface area contributed by atoms with Gasteiger partial charge in [0.1, 0.15) is 0 Å². The molecule has 1 aliphatic rings. The lowest BCUT2D eigenvalue weighted by Crippen LogP contribution is -2.14. The predicted molar refractivity (Wildman–Crippen MR) is 58.7 cm³/mol. The number of halogens is 1. The number of hydrogen-bond acceptors (Lipinski definition) is 2. The third-order valence-corrected chi connectivity index (χ3v) is 3.06. The van der Waals surface area contributed by atoms with Gasteiger partial charge in [-0.1, -0.05) is 17.7 Å². The van der Waals surface area contributed by atoms with Gasteiger partial charge in [0.15, 0.2) is 0 Å². The number of anilines is 1. The summed E-state index contributed by atoms with van der Waals surface area (Å²) in [4.78, 5) is 0. The Labute approximate surface area is 89.0 Å². The molecule has 1 aromatic carbocycles. The summed E-state index contributed by atoms with van der Waals surface area (Å²) in [6.07, 6.45) is 2.17. The lowest BCUT2D eigenvalue weighted by Gasteiger charge is -2.22. The molecule has 0 amide bonds. The molecule has 1 heterocycles. The molecular formula is C11H14ClNO. The van der Waals surface area contributed by atoms with Crippen LogP contribution in [0.3, 0.4) is 0 Å². The average Bonchev–Trinajstić information content (AvgIpc) is 2.23. The molecule has 0 unspecified atom stereocenters. The Morgan fingerprint density at radius 3 is 2.64 bits per heavy atom. The standard InChI is InChI=1S/C11H14ClNO/c12-10-2-1-9(7-11(10)13)8-3-5-14-6-4-8/h1-2,7-8H,3-6,13H2. The highest BCUT2D eigenvalue weighted by atomic mass is 35.5. The van der Waals surface area contributed by atoms with Crippen LogP contribution in [0.15, 0.2) is 18.2 Å². The molecule has 2 rings (SSSR count). The first kappa shape index (κ1) is 9.81. The fourth-order valence-corrected chi connectivity index (χ4v) is 1.96. The van der Waals surface area contributed by atoms with Gasteiger partial charge < -0.3 is 10.5 Å². The molecule has 0 aromatic heterocycles. The quantitative estimate of drug-likeness (QED) is 0.725. The normalized spacial score (nSPS) is 18.4. The number of nitrogens with two attached hydrogens (primary N) is 1. The Kier molecular flexibility index (Phi) is 2.94. The molecule has 0 bridgehead atoms. The van der Waals surface area contributed by atoms with Gasteiger partial charge >= 0.3 is 0 Å². The van der Waals surface area contributed by atoms with E-state index in [4.69, 9.17) is 22.1 Å². The molecule has 1 fully saturated rings. The highest BCUT2D eigenvalue weighted by Crippen LogP contribution is 2.30. The summed E-state index contributed by atoms with van der Waals surface area (Å²) in [5, 5.41) is 0.640. The molecule has 0 spiro atoms. The van der Waals surface area contributed by atoms with Crippen LogP contribution in [0, 0.1) is 0 Å². The van der Waals surface area contributed by atoms with Crippen LogP contribution >= 0.6 is 11.6 Å². The second-order valence-corrected chi connectivity index (χ2v) is 4.07. The minimum Gasteiger partial charge on any atom is -0.398 e. The van der Waals surface area contributed by atoms with Gasteiger partial charge in [0, 0.05) is 13.2 Å². The number of benzene rings is 1. The van der Waals surface area contributed by atoms with Gasteiger partial charge in [-0.25, -0.2) is 0 Å². The first-order chi connectivity index (χ1) is 6.77. The van der Waals surface area contributed by atoms with Crippen molar-refractivity contribution in [2.75, 3.05) is 18.9 Å². The first-order valence-corrected chi connectivity index (χ1v) is 5.28. The molecule has 0 aliphatic carbocycles. The smallest absolute Gasteiger partial charge is 0.0635 e. The van der Waals surface area contributed by atoms with Crippen LogP contribution < -0.4 is 5.73 Å². The van der Waals surface area contributed by atoms with Gasteiger partial charge in [-0.05, 0) is 36.5 Å². The summed E-state index contributed by atoms with van der Waals surface area (Å²) in [5.74, 6) is 0.586. The van der Waals surface area contributed by atoms with Gasteiger partial charge in [-0.3, -0.25) is 0 Å². The highest BCUT2D eigenvalue weighted by Gasteiger charge is 2.16. The molecule has 1 aliphatic heterocycles. The second kappa shape index (κ2) is 4.20. The van der Waals surface area contributed by atoms with Crippen molar-refractivity contribution in [2.45, 2.75) is 18.8 Å². The number of rotatable bonds is 1. The van der Waals surface area contributed by atoms with Crippen molar-refractivity contribution in [3.63, 3.8) is 0 Å². The van der Waals surface area contributed by atoms with Crippen LogP contribution in [0.1, 0.15) is 24.3 Å². The topological polar surface area (TPSA) is 35.2 Å². The van der Waals surface area contributed by atoms with E-state index in [0.717, 1.165) is 26.1 Å². The first-order valence-electron chi connectivity index (χ1n) is 4.90. The zero-order valence-corrected chi connectivity index (χ0v) is 8.76. The van der Waals surface area contributed by atoms with E-state index in [1.807, 2.05) is 12.1 Å². The number of ether oxygens (including phenoxy) is 1. The minimum absolute atomic E-state index is 0.586. The fraction of sp³-hybridized carbons (Fsp3) is 0.455. The van der Waals surface area contributed by atoms with E-state index in [-0.39, 0.29) is 0 Å². The van der Waals surface area contributed by atoms with Crippen LogP contribution in [0.5, 0.6) is 0 Å². The van der Waals surface area contributed by atoms with Crippen molar-refractivity contribution in [2.24, 2.45) is 0 Å². The fourth-order valence-electron chi connectivity index (χ4n) is 1.85. The van der Waals surface area contributed by atoms with Gasteiger partial charge in [-0.2, -0.15) is 0 Å². The zero-order chi connectivity index (χ0) is 9.97. The minimum atomic E-state index is 0.586. The Hall–Kier alpha value is -0.730. The van der Waals surface area contributed by atoms with Crippen molar-refractivity contribution < 1.29 is 4.74 Å². The molecule has 0 atom stereocenters. The second-order valence-electron chi connectivity index (χ2n) is 3.67. The molecule has 76 valence electrons. The van der Waals surface area contributed by atoms with Crippen molar-refractivity contribution in [3.8, 4) is 0 Å². The maximum absolute atomic E-state index is 5.87. The maximum Gasteiger partial charge on any atom is 0.0635 e. The Balaban J connectivity index is 2.18. The number of hydrogen-bond donors (Lipinski definition) is 1. The van der Waals surface area contributed by atoms with Crippen LogP contribution in [-0.2, 0) is 4.74 Å². The summed E-state index contributed by atoms with van der Waals surface area (Å²) >= 11 is 5.87. The average molecular weight is 212 g/mol. The van der Waals surface area contributed by atoms with Crippen LogP contribution in [-0.4, -0.2) is 13.2 Å². The summed E-state index contributed by atoms with van der Waals surface area (Å²) in [5.41, 5.74) is 7.73. The largest absolute Gasteiger partial charge is 0.398 e. The van der Waals surface area contributed by atoms with Crippen molar-refractivity contribution in [3.05, 3.63) is 28.8 Å². The molecule has 2 nitrogen and oxygen atoms in total. The van der Waals surface area contributed by atoms with E-state index in [1.165, 1.54) is 5.56 Å². The van der Waals surface area contributed by atoms with Gasteiger partial charge in [-0.15, -0.1) is 0 Å². The van der Waals surface area contributed by atoms with Crippen molar-refractivity contribution in [1.82, 2.24) is 0 Å². The lowest BCUT2D eigenvalue weighted by atomic mass is 9.91. The molecule has 0 radical (unpaired) electrons. The Morgan fingerprint density at radius 2 is 2.00 bits per heavy atom. The van der Waals surface area contributed by atoms with E-state index in [2.05, 4.69) is 6.07 Å². The van der Waals surface area contributed by atoms with Crippen molar-refractivity contribution in [1.29, 1.82) is 0 Å². The van der Waals surface area contributed by atoms with Gasteiger partial charge in [0.2, 0.25) is 0 Å². The van der Waals surface area contributed by atoms with Crippen molar-refractivity contribution >= 4 is 17.3 Å². The predicted octanol–water partition coefficient (Wildman–Crippen LogP) is 2.82. The maximum atomic E-state index is 5.87. The molecule has 1 aromatic rings. The van der Waals surface area contributed by atoms with Gasteiger partial charge in [0.05, 0.1) is 10.7 Å². The molecule has 1 saturated heterocycles. The van der Waals surface area contributed by atoms with Crippen LogP contribution in [0.2, 0.25) is 5.02 Å². The Morgan fingerprint density at radius 1 is 1.29 bits per heavy atom. The molecule has 14 heavy (non-hydrogen) atoms. The van der Waals surface area contributed by atoms with E-state index in [9.17, 15) is 0 Å². The SMILES string of the molecule is Nc1cc(C2CCOCC2)ccc1Cl. The Bertz CT molecular complexity index is 321. The summed E-state index contributed by atoms with van der Waals surface area (Å²) in [7, 11) is 0. The van der Waals surface area contributed by atoms with Crippen LogP contribution in [0.25, 0.3) is 0 Å². The van der Waals surface area contributed by atoms with E-state index in [1.54, 1.807) is 0 Å². The molecular weight excluding hydrogens is 198 g/mol. The lowest BCUT2D eigenvalue weighted by molar-refractivity contribution is 0.0853. The van der Waals surface area contributed by atoms with E-state index < -0.39 is 0 Å². The number of nitrogen functional groups attached to an aromatic ring is 1. The summed E-state index contributed by atoms with van der Waals surface area (Å²) in [6, 6.07) is 5.93. The summed E-state index contributed by atoms with van der Waals surface area (Å²) < 4.78 is 5.32. The summed E-state index contributed by atoms with van der Waals surface area (Å²) in [6.45, 7) is 1.71. The van der Waals surface area contributed by atoms with E-state index >= 15 is 0 Å². The van der Waals surface area contributed by atoms with Gasteiger partial charge in [0.25, 0.3) is 0 Å². The molecule has 0 saturated carbocycles. The zero-order valence-electron chi connectivity index (χ0n) is 8.00. The third kappa shape index (κ3) is 2.02. The monoisotopic (exact) mass is 211 g/mol. The third-order valence-electron chi connectivity index (χ3n) is 2.71. The van der Waals surface area contributed by atoms with E-state index in [0.29, 0.717) is 16.6 Å². The molecule has 3 heteroatoms. The highest BCUT2D eigenvalue weighted by molar-refractivity contribution is 6.33.